The number of amides is 1. The first-order valence-corrected chi connectivity index (χ1v) is 9.09. The molecule has 3 rings (SSSR count). The first-order valence-electron chi connectivity index (χ1n) is 7.58. The Bertz CT molecular complexity index is 1050. The van der Waals surface area contributed by atoms with E-state index in [1.165, 1.54) is 4.68 Å². The third-order valence-corrected chi connectivity index (χ3v) is 5.11. The van der Waals surface area contributed by atoms with Crippen LogP contribution in [0, 0.1) is 20.8 Å². The predicted octanol–water partition coefficient (Wildman–Crippen LogP) is 4.85. The van der Waals surface area contributed by atoms with E-state index < -0.39 is 5.91 Å². The molecule has 0 saturated carbocycles. The number of carbonyl (C=O) groups is 1. The summed E-state index contributed by atoms with van der Waals surface area (Å²) >= 11 is 23.9. The third-order valence-electron chi connectivity index (χ3n) is 3.43. The predicted molar refractivity (Wildman–Crippen MR) is 106 cm³/mol. The van der Waals surface area contributed by atoms with Gasteiger partial charge in [0.2, 0.25) is 0 Å². The third kappa shape index (κ3) is 4.01. The van der Waals surface area contributed by atoms with Crippen LogP contribution in [0.4, 0.5) is 5.82 Å². The standard InChI is InChI=1S/C16H12Cl4N6O/c1-6-4-7(2)22-16(21-6)26-9(5-8(3)25-26)23-15(27)13-11(18)10(17)12(19)14(20)24-13/h4-5H,1-3H3,(H,23,27). The zero-order chi connectivity index (χ0) is 19.9. The molecule has 1 amide bonds. The quantitative estimate of drug-likeness (QED) is 0.582. The van der Waals surface area contributed by atoms with E-state index in [0.29, 0.717) is 17.5 Å². The number of halogens is 4. The Morgan fingerprint density at radius 3 is 2.15 bits per heavy atom. The molecule has 140 valence electrons. The monoisotopic (exact) mass is 444 g/mol. The van der Waals surface area contributed by atoms with Gasteiger partial charge < -0.3 is 5.32 Å². The molecule has 0 spiro atoms. The number of hydrogen-bond acceptors (Lipinski definition) is 5. The maximum atomic E-state index is 12.7. The zero-order valence-electron chi connectivity index (χ0n) is 14.3. The van der Waals surface area contributed by atoms with E-state index in [4.69, 9.17) is 46.4 Å². The minimum absolute atomic E-state index is 0.0237. The minimum atomic E-state index is -0.633. The molecule has 0 aliphatic rings. The lowest BCUT2D eigenvalue weighted by atomic mass is 10.3. The van der Waals surface area contributed by atoms with Crippen LogP contribution in [0.15, 0.2) is 12.1 Å². The van der Waals surface area contributed by atoms with Crippen molar-refractivity contribution in [3.63, 3.8) is 0 Å². The van der Waals surface area contributed by atoms with Crippen molar-refractivity contribution in [2.24, 2.45) is 0 Å². The molecule has 7 nitrogen and oxygen atoms in total. The summed E-state index contributed by atoms with van der Waals surface area (Å²) in [6, 6.07) is 3.49. The smallest absolute Gasteiger partial charge is 0.277 e. The molecular weight excluding hydrogens is 434 g/mol. The molecule has 0 aliphatic carbocycles. The summed E-state index contributed by atoms with van der Waals surface area (Å²) in [6.45, 7) is 5.46. The first kappa shape index (κ1) is 19.8. The van der Waals surface area contributed by atoms with E-state index in [9.17, 15) is 4.79 Å². The summed E-state index contributed by atoms with van der Waals surface area (Å²) in [5.74, 6) is 0.0238. The molecule has 3 aromatic heterocycles. The van der Waals surface area contributed by atoms with Gasteiger partial charge in [0.25, 0.3) is 11.9 Å². The van der Waals surface area contributed by atoms with E-state index >= 15 is 0 Å². The Kier molecular flexibility index (Phi) is 5.58. The average Bonchev–Trinajstić information content (AvgIpc) is 2.95. The fraction of sp³-hybridized carbons (Fsp3) is 0.188. The number of carbonyl (C=O) groups excluding carboxylic acids is 1. The number of nitrogens with zero attached hydrogens (tertiary/aromatic N) is 5. The Morgan fingerprint density at radius 2 is 1.52 bits per heavy atom. The molecule has 11 heteroatoms. The van der Waals surface area contributed by atoms with Crippen molar-refractivity contribution in [3.8, 4) is 5.95 Å². The highest BCUT2D eigenvalue weighted by Crippen LogP contribution is 2.36. The molecule has 0 radical (unpaired) electrons. The van der Waals surface area contributed by atoms with E-state index in [1.807, 2.05) is 19.9 Å². The van der Waals surface area contributed by atoms with Crippen molar-refractivity contribution in [2.75, 3.05) is 5.32 Å². The van der Waals surface area contributed by atoms with Crippen LogP contribution in [-0.4, -0.2) is 30.6 Å². The van der Waals surface area contributed by atoms with Crippen molar-refractivity contribution in [1.29, 1.82) is 0 Å². The molecule has 0 aromatic carbocycles. The van der Waals surface area contributed by atoms with Crippen LogP contribution in [0.3, 0.4) is 0 Å². The number of hydrogen-bond donors (Lipinski definition) is 1. The van der Waals surface area contributed by atoms with Gasteiger partial charge >= 0.3 is 0 Å². The SMILES string of the molecule is Cc1cc(C)nc(-n2nc(C)cc2NC(=O)c2nc(Cl)c(Cl)c(Cl)c2Cl)n1. The minimum Gasteiger partial charge on any atom is -0.305 e. The van der Waals surface area contributed by atoms with Crippen LogP contribution in [0.5, 0.6) is 0 Å². The molecule has 0 unspecified atom stereocenters. The number of pyridine rings is 1. The molecule has 3 aromatic rings. The van der Waals surface area contributed by atoms with Crippen molar-refractivity contribution >= 4 is 58.1 Å². The summed E-state index contributed by atoms with van der Waals surface area (Å²) < 4.78 is 1.42. The Hall–Kier alpha value is -1.93. The molecule has 3 heterocycles. The maximum Gasteiger partial charge on any atom is 0.277 e. The van der Waals surface area contributed by atoms with Gasteiger partial charge in [-0.2, -0.15) is 9.78 Å². The second kappa shape index (κ2) is 7.59. The Balaban J connectivity index is 2.01. The van der Waals surface area contributed by atoms with Crippen LogP contribution in [-0.2, 0) is 0 Å². The second-order valence-electron chi connectivity index (χ2n) is 5.68. The molecule has 0 fully saturated rings. The van der Waals surface area contributed by atoms with E-state index in [1.54, 1.807) is 13.0 Å². The normalized spacial score (nSPS) is 10.9. The van der Waals surface area contributed by atoms with Gasteiger partial charge in [-0.3, -0.25) is 4.79 Å². The maximum absolute atomic E-state index is 12.7. The second-order valence-corrected chi connectivity index (χ2v) is 7.17. The molecule has 0 atom stereocenters. The van der Waals surface area contributed by atoms with E-state index in [2.05, 4.69) is 25.4 Å². The average molecular weight is 446 g/mol. The molecular formula is C16H12Cl4N6O. The van der Waals surface area contributed by atoms with Crippen molar-refractivity contribution in [3.05, 3.63) is 55.1 Å². The van der Waals surface area contributed by atoms with Gasteiger partial charge in [0.15, 0.2) is 5.69 Å². The first-order chi connectivity index (χ1) is 12.7. The topological polar surface area (TPSA) is 85.6 Å². The van der Waals surface area contributed by atoms with Crippen LogP contribution >= 0.6 is 46.4 Å². The van der Waals surface area contributed by atoms with E-state index in [0.717, 1.165) is 11.4 Å². The lowest BCUT2D eigenvalue weighted by Crippen LogP contribution is -2.18. The summed E-state index contributed by atoms with van der Waals surface area (Å²) in [5.41, 5.74) is 2.02. The highest BCUT2D eigenvalue weighted by molar-refractivity contribution is 6.52. The molecule has 0 bridgehead atoms. The summed E-state index contributed by atoms with van der Waals surface area (Å²) in [5, 5.41) is 6.70. The Labute approximate surface area is 174 Å². The molecule has 0 aliphatic heterocycles. The highest BCUT2D eigenvalue weighted by atomic mass is 35.5. The van der Waals surface area contributed by atoms with Crippen LogP contribution in [0.25, 0.3) is 5.95 Å². The highest BCUT2D eigenvalue weighted by Gasteiger charge is 2.22. The van der Waals surface area contributed by atoms with Gasteiger partial charge in [-0.25, -0.2) is 15.0 Å². The van der Waals surface area contributed by atoms with Crippen LogP contribution in [0.1, 0.15) is 27.6 Å². The fourth-order valence-electron chi connectivity index (χ4n) is 2.36. The fourth-order valence-corrected chi connectivity index (χ4v) is 3.17. The van der Waals surface area contributed by atoms with Gasteiger partial charge in [0, 0.05) is 17.5 Å². The Morgan fingerprint density at radius 1 is 0.889 bits per heavy atom. The van der Waals surface area contributed by atoms with Gasteiger partial charge in [0.1, 0.15) is 11.0 Å². The lowest BCUT2D eigenvalue weighted by molar-refractivity contribution is 0.102. The number of aryl methyl sites for hydroxylation is 3. The number of nitrogens with one attached hydrogen (secondary N) is 1. The number of aromatic nitrogens is 5. The van der Waals surface area contributed by atoms with Gasteiger partial charge in [-0.15, -0.1) is 0 Å². The zero-order valence-corrected chi connectivity index (χ0v) is 17.3. The van der Waals surface area contributed by atoms with E-state index in [-0.39, 0.29) is 25.9 Å². The summed E-state index contributed by atoms with van der Waals surface area (Å²) in [7, 11) is 0. The number of anilines is 1. The lowest BCUT2D eigenvalue weighted by Gasteiger charge is -2.10. The molecule has 27 heavy (non-hydrogen) atoms. The van der Waals surface area contributed by atoms with Gasteiger partial charge in [0.05, 0.1) is 20.8 Å². The van der Waals surface area contributed by atoms with Crippen LogP contribution in [0.2, 0.25) is 20.2 Å². The molecule has 0 saturated heterocycles. The van der Waals surface area contributed by atoms with Crippen molar-refractivity contribution in [2.45, 2.75) is 20.8 Å². The molecule has 1 N–H and O–H groups in total. The number of rotatable bonds is 3. The van der Waals surface area contributed by atoms with Gasteiger partial charge in [-0.1, -0.05) is 46.4 Å². The van der Waals surface area contributed by atoms with Gasteiger partial charge in [-0.05, 0) is 26.8 Å². The largest absolute Gasteiger partial charge is 0.305 e. The van der Waals surface area contributed by atoms with Crippen LogP contribution < -0.4 is 5.32 Å². The summed E-state index contributed by atoms with van der Waals surface area (Å²) in [4.78, 5) is 25.3. The summed E-state index contributed by atoms with van der Waals surface area (Å²) in [6.07, 6.45) is 0. The van der Waals surface area contributed by atoms with Crippen molar-refractivity contribution < 1.29 is 4.79 Å². The van der Waals surface area contributed by atoms with Crippen molar-refractivity contribution in [1.82, 2.24) is 24.7 Å².